The standard InChI is InChI=1S/C12H19NO2/c1-3-5-6-7-11(14)13-9-12(15,10-13)8-4-2/h3,5-7,15H,4,8-10H2,1-2H3. The van der Waals surface area contributed by atoms with Gasteiger partial charge in [-0.25, -0.2) is 0 Å². The lowest BCUT2D eigenvalue weighted by molar-refractivity contribution is -0.151. The molecule has 0 atom stereocenters. The second kappa shape index (κ2) is 5.12. The van der Waals surface area contributed by atoms with Gasteiger partial charge in [0.05, 0.1) is 18.7 Å². The molecule has 1 amide bonds. The first kappa shape index (κ1) is 12.0. The molecular weight excluding hydrogens is 190 g/mol. The molecule has 3 heteroatoms. The maximum absolute atomic E-state index is 11.5. The van der Waals surface area contributed by atoms with Crippen LogP contribution in [0.1, 0.15) is 26.7 Å². The minimum atomic E-state index is -0.626. The molecular formula is C12H19NO2. The lowest BCUT2D eigenvalue weighted by Gasteiger charge is -2.46. The molecule has 1 fully saturated rings. The Bertz CT molecular complexity index is 275. The van der Waals surface area contributed by atoms with Gasteiger partial charge in [-0.15, -0.1) is 0 Å². The van der Waals surface area contributed by atoms with E-state index < -0.39 is 5.60 Å². The van der Waals surface area contributed by atoms with E-state index in [0.29, 0.717) is 13.1 Å². The first-order valence-electron chi connectivity index (χ1n) is 5.42. The highest BCUT2D eigenvalue weighted by atomic mass is 16.3. The smallest absolute Gasteiger partial charge is 0.246 e. The van der Waals surface area contributed by atoms with Gasteiger partial charge in [-0.3, -0.25) is 4.79 Å². The maximum Gasteiger partial charge on any atom is 0.246 e. The molecule has 1 N–H and O–H groups in total. The molecule has 84 valence electrons. The summed E-state index contributed by atoms with van der Waals surface area (Å²) in [6.07, 6.45) is 8.66. The van der Waals surface area contributed by atoms with E-state index >= 15 is 0 Å². The van der Waals surface area contributed by atoms with E-state index in [1.807, 2.05) is 26.0 Å². The van der Waals surface area contributed by atoms with Crippen LogP contribution < -0.4 is 0 Å². The van der Waals surface area contributed by atoms with Crippen molar-refractivity contribution < 1.29 is 9.90 Å². The fourth-order valence-electron chi connectivity index (χ4n) is 1.80. The van der Waals surface area contributed by atoms with Crippen molar-refractivity contribution in [2.24, 2.45) is 0 Å². The zero-order valence-corrected chi connectivity index (χ0v) is 9.44. The van der Waals surface area contributed by atoms with Crippen LogP contribution in [-0.2, 0) is 4.79 Å². The van der Waals surface area contributed by atoms with Gasteiger partial charge >= 0.3 is 0 Å². The number of rotatable bonds is 4. The van der Waals surface area contributed by atoms with Gasteiger partial charge in [0.2, 0.25) is 5.91 Å². The average molecular weight is 209 g/mol. The highest BCUT2D eigenvalue weighted by Crippen LogP contribution is 2.25. The zero-order valence-electron chi connectivity index (χ0n) is 9.44. The minimum Gasteiger partial charge on any atom is -0.386 e. The Hall–Kier alpha value is -1.09. The number of hydrogen-bond acceptors (Lipinski definition) is 2. The van der Waals surface area contributed by atoms with Crippen LogP contribution in [0.15, 0.2) is 24.3 Å². The van der Waals surface area contributed by atoms with Crippen molar-refractivity contribution in [1.29, 1.82) is 0 Å². The largest absolute Gasteiger partial charge is 0.386 e. The van der Waals surface area contributed by atoms with Crippen LogP contribution >= 0.6 is 0 Å². The van der Waals surface area contributed by atoms with Crippen molar-refractivity contribution in [2.75, 3.05) is 13.1 Å². The predicted octanol–water partition coefficient (Wildman–Crippen LogP) is 1.49. The highest BCUT2D eigenvalue weighted by molar-refractivity contribution is 5.88. The molecule has 0 radical (unpaired) electrons. The molecule has 0 unspecified atom stereocenters. The van der Waals surface area contributed by atoms with Gasteiger partial charge in [-0.2, -0.15) is 0 Å². The second-order valence-corrected chi connectivity index (χ2v) is 4.05. The van der Waals surface area contributed by atoms with Crippen LogP contribution in [0.5, 0.6) is 0 Å². The van der Waals surface area contributed by atoms with Crippen LogP contribution in [0.4, 0.5) is 0 Å². The van der Waals surface area contributed by atoms with Gasteiger partial charge in [0.15, 0.2) is 0 Å². The third kappa shape index (κ3) is 3.20. The Labute approximate surface area is 91.1 Å². The number of nitrogens with zero attached hydrogens (tertiary/aromatic N) is 1. The molecule has 0 aromatic carbocycles. The monoisotopic (exact) mass is 209 g/mol. The average Bonchev–Trinajstić information content (AvgIpc) is 2.14. The molecule has 1 aliphatic heterocycles. The molecule has 1 saturated heterocycles. The zero-order chi connectivity index (χ0) is 11.3. The second-order valence-electron chi connectivity index (χ2n) is 4.05. The Balaban J connectivity index is 2.35. The Kier molecular flexibility index (Phi) is 4.09. The third-order valence-electron chi connectivity index (χ3n) is 2.54. The summed E-state index contributed by atoms with van der Waals surface area (Å²) in [5, 5.41) is 9.87. The van der Waals surface area contributed by atoms with Crippen molar-refractivity contribution in [1.82, 2.24) is 4.90 Å². The number of hydrogen-bond donors (Lipinski definition) is 1. The van der Waals surface area contributed by atoms with Gasteiger partial charge in [-0.1, -0.05) is 31.6 Å². The number of carbonyl (C=O) groups is 1. The van der Waals surface area contributed by atoms with E-state index in [4.69, 9.17) is 0 Å². The minimum absolute atomic E-state index is 0.0196. The van der Waals surface area contributed by atoms with Gasteiger partial charge in [0, 0.05) is 6.08 Å². The lowest BCUT2D eigenvalue weighted by Crippen LogP contribution is -2.63. The molecule has 0 aromatic rings. The van der Waals surface area contributed by atoms with Crippen LogP contribution in [0, 0.1) is 0 Å². The van der Waals surface area contributed by atoms with E-state index in [1.54, 1.807) is 11.0 Å². The summed E-state index contributed by atoms with van der Waals surface area (Å²) in [5.41, 5.74) is -0.626. The van der Waals surface area contributed by atoms with E-state index in [9.17, 15) is 9.90 Å². The number of β-amino-alcohol motifs (C(OH)–C–C–N with tert-alkyl or cyclic N) is 1. The quantitative estimate of drug-likeness (QED) is 0.563. The summed E-state index contributed by atoms with van der Waals surface area (Å²) < 4.78 is 0. The molecule has 3 nitrogen and oxygen atoms in total. The number of amides is 1. The van der Waals surface area contributed by atoms with Crippen molar-refractivity contribution in [2.45, 2.75) is 32.3 Å². The van der Waals surface area contributed by atoms with Crippen molar-refractivity contribution in [3.8, 4) is 0 Å². The van der Waals surface area contributed by atoms with Crippen molar-refractivity contribution in [3.63, 3.8) is 0 Å². The number of allylic oxidation sites excluding steroid dienone is 3. The van der Waals surface area contributed by atoms with E-state index in [0.717, 1.165) is 12.8 Å². The molecule has 0 spiro atoms. The summed E-state index contributed by atoms with van der Waals surface area (Å²) in [5.74, 6) is -0.0196. The Morgan fingerprint density at radius 2 is 2.13 bits per heavy atom. The molecule has 1 heterocycles. The van der Waals surface area contributed by atoms with Crippen molar-refractivity contribution >= 4 is 5.91 Å². The van der Waals surface area contributed by atoms with Gasteiger partial charge in [0.25, 0.3) is 0 Å². The molecule has 0 aliphatic carbocycles. The SMILES string of the molecule is CC=CC=CC(=O)N1CC(O)(CCC)C1. The topological polar surface area (TPSA) is 40.5 Å². The summed E-state index contributed by atoms with van der Waals surface area (Å²) in [4.78, 5) is 13.1. The van der Waals surface area contributed by atoms with E-state index in [2.05, 4.69) is 0 Å². The van der Waals surface area contributed by atoms with Crippen LogP contribution in [0.2, 0.25) is 0 Å². The molecule has 0 saturated carbocycles. The molecule has 0 bridgehead atoms. The molecule has 15 heavy (non-hydrogen) atoms. The molecule has 0 aromatic heterocycles. The predicted molar refractivity (Wildman–Crippen MR) is 60.4 cm³/mol. The van der Waals surface area contributed by atoms with Gasteiger partial charge < -0.3 is 10.0 Å². The van der Waals surface area contributed by atoms with Crippen molar-refractivity contribution in [3.05, 3.63) is 24.3 Å². The van der Waals surface area contributed by atoms with E-state index in [-0.39, 0.29) is 5.91 Å². The third-order valence-corrected chi connectivity index (χ3v) is 2.54. The first-order valence-corrected chi connectivity index (χ1v) is 5.42. The summed E-state index contributed by atoms with van der Waals surface area (Å²) in [6, 6.07) is 0. The maximum atomic E-state index is 11.5. The lowest BCUT2D eigenvalue weighted by atomic mass is 9.89. The number of carbonyl (C=O) groups excluding carboxylic acids is 1. The molecule has 1 rings (SSSR count). The van der Waals surface area contributed by atoms with Gasteiger partial charge in [-0.05, 0) is 13.3 Å². The van der Waals surface area contributed by atoms with Crippen LogP contribution in [-0.4, -0.2) is 34.6 Å². The normalized spacial score (nSPS) is 19.8. The Morgan fingerprint density at radius 1 is 1.47 bits per heavy atom. The Morgan fingerprint density at radius 3 is 2.67 bits per heavy atom. The summed E-state index contributed by atoms with van der Waals surface area (Å²) in [7, 11) is 0. The fraction of sp³-hybridized carbons (Fsp3) is 0.583. The summed E-state index contributed by atoms with van der Waals surface area (Å²) >= 11 is 0. The number of aliphatic hydroxyl groups is 1. The first-order chi connectivity index (χ1) is 7.11. The van der Waals surface area contributed by atoms with Gasteiger partial charge in [0.1, 0.15) is 0 Å². The van der Waals surface area contributed by atoms with Crippen LogP contribution in [0.3, 0.4) is 0 Å². The fourth-order valence-corrected chi connectivity index (χ4v) is 1.80. The molecule has 1 aliphatic rings. The van der Waals surface area contributed by atoms with Crippen LogP contribution in [0.25, 0.3) is 0 Å². The van der Waals surface area contributed by atoms with E-state index in [1.165, 1.54) is 6.08 Å². The number of likely N-dealkylation sites (tertiary alicyclic amines) is 1. The summed E-state index contributed by atoms with van der Waals surface area (Å²) in [6.45, 7) is 4.88. The highest BCUT2D eigenvalue weighted by Gasteiger charge is 2.41.